The van der Waals surface area contributed by atoms with E-state index in [4.69, 9.17) is 9.15 Å². The lowest BCUT2D eigenvalue weighted by molar-refractivity contribution is -0.0224. The van der Waals surface area contributed by atoms with Gasteiger partial charge in [-0.25, -0.2) is 9.97 Å². The minimum atomic E-state index is -0.286. The molecule has 6 nitrogen and oxygen atoms in total. The number of aliphatic hydroxyl groups is 1. The molecule has 1 aliphatic heterocycles. The third kappa shape index (κ3) is 3.35. The highest BCUT2D eigenvalue weighted by molar-refractivity contribution is 5.79. The van der Waals surface area contributed by atoms with E-state index in [1.54, 1.807) is 12.5 Å². The van der Waals surface area contributed by atoms with Crippen LogP contribution in [0.4, 0.5) is 0 Å². The van der Waals surface area contributed by atoms with Crippen LogP contribution in [0.1, 0.15) is 62.6 Å². The Morgan fingerprint density at radius 2 is 2.18 bits per heavy atom. The molecule has 28 heavy (non-hydrogen) atoms. The Morgan fingerprint density at radius 1 is 1.29 bits per heavy atom. The number of fused-ring (bicyclic) bond motifs is 2. The van der Waals surface area contributed by atoms with Gasteiger partial charge in [-0.1, -0.05) is 12.2 Å². The number of aromatic nitrogens is 3. The lowest BCUT2D eigenvalue weighted by atomic mass is 9.80. The molecular formula is C22H27N3O3. The number of allylic oxidation sites excluding steroid dienone is 4. The fourth-order valence-electron chi connectivity index (χ4n) is 5.04. The zero-order chi connectivity index (χ0) is 18.9. The Balaban J connectivity index is 1.17. The molecule has 0 saturated heterocycles. The summed E-state index contributed by atoms with van der Waals surface area (Å²) in [6, 6.07) is 0.256. The normalized spacial score (nSPS) is 27.7. The molecular weight excluding hydrogens is 354 g/mol. The smallest absolute Gasteiger partial charge is 0.219 e. The van der Waals surface area contributed by atoms with Crippen molar-refractivity contribution in [3.63, 3.8) is 0 Å². The molecule has 5 rings (SSSR count). The number of oxazole rings is 1. The molecule has 2 aromatic heterocycles. The first kappa shape index (κ1) is 17.9. The van der Waals surface area contributed by atoms with Crippen LogP contribution in [0.5, 0.6) is 0 Å². The van der Waals surface area contributed by atoms with Gasteiger partial charge < -0.3 is 18.8 Å². The molecule has 1 N–H and O–H groups in total. The van der Waals surface area contributed by atoms with Gasteiger partial charge in [0.2, 0.25) is 5.89 Å². The molecule has 1 saturated carbocycles. The molecule has 148 valence electrons. The Hall–Kier alpha value is -2.18. The maximum atomic E-state index is 11.0. The van der Waals surface area contributed by atoms with Crippen LogP contribution in [-0.4, -0.2) is 31.8 Å². The highest BCUT2D eigenvalue weighted by Gasteiger charge is 2.35. The van der Waals surface area contributed by atoms with E-state index >= 15 is 0 Å². The van der Waals surface area contributed by atoms with Crippen molar-refractivity contribution < 1.29 is 14.3 Å². The van der Waals surface area contributed by atoms with Crippen LogP contribution in [-0.2, 0) is 11.3 Å². The van der Waals surface area contributed by atoms with E-state index in [2.05, 4.69) is 26.7 Å². The Bertz CT molecular complexity index is 859. The van der Waals surface area contributed by atoms with Gasteiger partial charge in [0.05, 0.1) is 42.7 Å². The topological polar surface area (TPSA) is 73.3 Å². The number of hydrogen-bond donors (Lipinski definition) is 1. The molecule has 1 fully saturated rings. The second-order valence-electron chi connectivity index (χ2n) is 8.16. The molecule has 3 aliphatic rings. The van der Waals surface area contributed by atoms with Crippen molar-refractivity contribution in [1.82, 2.24) is 14.5 Å². The minimum Gasteiger partial charge on any atom is -0.446 e. The third-order valence-electron chi connectivity index (χ3n) is 6.54. The Labute approximate surface area is 164 Å². The van der Waals surface area contributed by atoms with Gasteiger partial charge in [0.1, 0.15) is 12.9 Å². The van der Waals surface area contributed by atoms with E-state index < -0.39 is 0 Å². The summed E-state index contributed by atoms with van der Waals surface area (Å²) in [7, 11) is 0. The summed E-state index contributed by atoms with van der Waals surface area (Å²) in [5.41, 5.74) is 4.00. The van der Waals surface area contributed by atoms with Crippen LogP contribution in [0.15, 0.2) is 47.1 Å². The van der Waals surface area contributed by atoms with Crippen molar-refractivity contribution in [2.45, 2.75) is 69.8 Å². The van der Waals surface area contributed by atoms with Crippen LogP contribution in [0.2, 0.25) is 0 Å². The highest BCUT2D eigenvalue weighted by Crippen LogP contribution is 2.44. The largest absolute Gasteiger partial charge is 0.446 e. The molecule has 0 aromatic carbocycles. The number of rotatable bonds is 6. The average Bonchev–Trinajstić information content (AvgIpc) is 3.46. The Morgan fingerprint density at radius 3 is 3.00 bits per heavy atom. The van der Waals surface area contributed by atoms with Crippen molar-refractivity contribution in [3.8, 4) is 0 Å². The zero-order valence-corrected chi connectivity index (χ0v) is 16.0. The van der Waals surface area contributed by atoms with E-state index in [1.807, 2.05) is 12.5 Å². The van der Waals surface area contributed by atoms with Crippen LogP contribution in [0.25, 0.3) is 5.57 Å². The van der Waals surface area contributed by atoms with Gasteiger partial charge in [0.25, 0.3) is 0 Å². The highest BCUT2D eigenvalue weighted by atomic mass is 16.5. The van der Waals surface area contributed by atoms with Gasteiger partial charge in [-0.3, -0.25) is 0 Å². The molecule has 3 heterocycles. The van der Waals surface area contributed by atoms with Crippen molar-refractivity contribution in [3.05, 3.63) is 54.3 Å². The predicted molar refractivity (Wildman–Crippen MR) is 104 cm³/mol. The predicted octanol–water partition coefficient (Wildman–Crippen LogP) is 4.06. The van der Waals surface area contributed by atoms with Gasteiger partial charge in [-0.2, -0.15) is 0 Å². The van der Waals surface area contributed by atoms with E-state index in [-0.39, 0.29) is 18.2 Å². The molecule has 2 aromatic rings. The molecule has 0 spiro atoms. The fraction of sp³-hybridized carbons (Fsp3) is 0.545. The maximum Gasteiger partial charge on any atom is 0.219 e. The maximum absolute atomic E-state index is 11.0. The SMILES string of the molecule is OC(CC1C2=C(C=CCC2)c2cncn21)C1CCC(OCc2ncco2)CC1. The lowest BCUT2D eigenvalue weighted by Gasteiger charge is -2.33. The Kier molecular flexibility index (Phi) is 4.91. The van der Waals surface area contributed by atoms with Crippen LogP contribution < -0.4 is 0 Å². The summed E-state index contributed by atoms with van der Waals surface area (Å²) >= 11 is 0. The first-order valence-electron chi connectivity index (χ1n) is 10.4. The molecule has 0 bridgehead atoms. The molecule has 6 heteroatoms. The summed E-state index contributed by atoms with van der Waals surface area (Å²) in [5, 5.41) is 11.0. The standard InChI is InChI=1S/C22H27N3O3/c26-21(15-5-7-16(8-6-15)28-13-22-24-9-10-27-22)11-19-17-3-1-2-4-18(17)20-12-23-14-25(19)20/h2,4,9-10,12,14-16,19,21,26H,1,3,5-8,11,13H2. The number of imidazole rings is 1. The monoisotopic (exact) mass is 381 g/mol. The molecule has 0 radical (unpaired) electrons. The molecule has 2 aliphatic carbocycles. The van der Waals surface area contributed by atoms with Gasteiger partial charge in [-0.15, -0.1) is 0 Å². The van der Waals surface area contributed by atoms with Crippen molar-refractivity contribution in [2.75, 3.05) is 0 Å². The van der Waals surface area contributed by atoms with E-state index in [0.29, 0.717) is 18.4 Å². The van der Waals surface area contributed by atoms with E-state index in [1.165, 1.54) is 16.8 Å². The first-order valence-corrected chi connectivity index (χ1v) is 10.4. The summed E-state index contributed by atoms with van der Waals surface area (Å²) < 4.78 is 13.4. The first-order chi connectivity index (χ1) is 13.8. The van der Waals surface area contributed by atoms with Crippen molar-refractivity contribution in [1.29, 1.82) is 0 Å². The average molecular weight is 381 g/mol. The number of hydrogen-bond acceptors (Lipinski definition) is 5. The van der Waals surface area contributed by atoms with Gasteiger partial charge in [-0.05, 0) is 56.4 Å². The summed E-state index contributed by atoms with van der Waals surface area (Å²) in [4.78, 5) is 8.44. The van der Waals surface area contributed by atoms with Gasteiger partial charge in [0.15, 0.2) is 0 Å². The summed E-state index contributed by atoms with van der Waals surface area (Å²) in [6.07, 6.45) is 18.5. The second kappa shape index (κ2) is 7.68. The van der Waals surface area contributed by atoms with E-state index in [9.17, 15) is 5.11 Å². The second-order valence-corrected chi connectivity index (χ2v) is 8.16. The van der Waals surface area contributed by atoms with Crippen molar-refractivity contribution >= 4 is 5.57 Å². The molecule has 2 atom stereocenters. The molecule has 0 amide bonds. The van der Waals surface area contributed by atoms with Gasteiger partial charge >= 0.3 is 0 Å². The number of aliphatic hydroxyl groups excluding tert-OH is 1. The fourth-order valence-corrected chi connectivity index (χ4v) is 5.04. The van der Waals surface area contributed by atoms with Crippen LogP contribution in [0.3, 0.4) is 0 Å². The third-order valence-corrected chi connectivity index (χ3v) is 6.54. The summed E-state index contributed by atoms with van der Waals surface area (Å²) in [5.74, 6) is 0.975. The number of ether oxygens (including phenoxy) is 1. The zero-order valence-electron chi connectivity index (χ0n) is 16.0. The van der Waals surface area contributed by atoms with E-state index in [0.717, 1.165) is 44.9 Å². The van der Waals surface area contributed by atoms with Gasteiger partial charge in [0, 0.05) is 5.57 Å². The number of nitrogens with zero attached hydrogens (tertiary/aromatic N) is 3. The summed E-state index contributed by atoms with van der Waals surface area (Å²) in [6.45, 7) is 0.431. The quantitative estimate of drug-likeness (QED) is 0.817. The minimum absolute atomic E-state index is 0.236. The molecule has 2 unspecified atom stereocenters. The van der Waals surface area contributed by atoms with Crippen LogP contribution >= 0.6 is 0 Å². The van der Waals surface area contributed by atoms with Crippen molar-refractivity contribution in [2.24, 2.45) is 5.92 Å². The van der Waals surface area contributed by atoms with Crippen LogP contribution in [0, 0.1) is 5.92 Å². The lowest BCUT2D eigenvalue weighted by Crippen LogP contribution is -2.31.